The van der Waals surface area contributed by atoms with Crippen molar-refractivity contribution in [2.24, 2.45) is 18.9 Å². The fourth-order valence-corrected chi connectivity index (χ4v) is 9.34. The molecule has 0 spiro atoms. The highest BCUT2D eigenvalue weighted by molar-refractivity contribution is 7.98. The molecule has 1 unspecified atom stereocenters. The largest absolute Gasteiger partial charge is 0.464 e. The van der Waals surface area contributed by atoms with Gasteiger partial charge >= 0.3 is 5.97 Å². The molecule has 0 amide bonds. The Hall–Kier alpha value is -5.14. The highest BCUT2D eigenvalue weighted by Crippen LogP contribution is 2.68. The quantitative estimate of drug-likeness (QED) is 0.0582. The molecule has 9 nitrogen and oxygen atoms in total. The summed E-state index contributed by atoms with van der Waals surface area (Å²) in [5.74, 6) is 0.0672. The molecule has 1 aliphatic heterocycles. The molecule has 3 aromatic heterocycles. The van der Waals surface area contributed by atoms with Crippen LogP contribution < -0.4 is 0 Å². The molecule has 3 aliphatic rings. The van der Waals surface area contributed by atoms with E-state index in [0.717, 1.165) is 12.1 Å². The Kier molecular flexibility index (Phi) is 9.99. The second kappa shape index (κ2) is 14.6. The van der Waals surface area contributed by atoms with Gasteiger partial charge in [0.1, 0.15) is 41.9 Å². The van der Waals surface area contributed by atoms with Gasteiger partial charge in [-0.1, -0.05) is 23.6 Å². The van der Waals surface area contributed by atoms with Crippen LogP contribution in [0.4, 0.5) is 26.3 Å². The third kappa shape index (κ3) is 7.50. The van der Waals surface area contributed by atoms with Gasteiger partial charge in [-0.2, -0.15) is 19.0 Å². The van der Waals surface area contributed by atoms with Gasteiger partial charge in [0.15, 0.2) is 5.78 Å². The number of esters is 1. The third-order valence-electron chi connectivity index (χ3n) is 10.7. The summed E-state index contributed by atoms with van der Waals surface area (Å²) in [6, 6.07) is 9.50. The molecule has 5 atom stereocenters. The summed E-state index contributed by atoms with van der Waals surface area (Å²) in [4.78, 5) is 30.7. The van der Waals surface area contributed by atoms with Crippen molar-refractivity contribution in [3.63, 3.8) is 0 Å². The average molecular weight is 842 g/mol. The number of ketones is 1. The SMILES string of the molecule is C=S(C)(=O)Cc1nn(C)c2c(-c3ccc(C#C[C@@H]4COC(=O)C4)nc3[C@@H](CC(=O)Cn3nc(C(F)F)c4c3C(F)(F)[C@@H]3C[C@H]43)Cc3cc(F)cc(F)c3)ccc(Cl)c12. The minimum atomic E-state index is -3.46. The number of fused-ring (bicyclic) bond motifs is 4. The van der Waals surface area contributed by atoms with Crippen LogP contribution >= 0.6 is 11.6 Å². The number of halogens is 7. The summed E-state index contributed by atoms with van der Waals surface area (Å²) in [6.07, 6.45) is -2.16. The molecule has 0 bridgehead atoms. The van der Waals surface area contributed by atoms with Crippen LogP contribution in [0.25, 0.3) is 22.0 Å². The zero-order valence-corrected chi connectivity index (χ0v) is 32.6. The van der Waals surface area contributed by atoms with E-state index in [2.05, 4.69) is 27.9 Å². The molecule has 8 rings (SSSR count). The van der Waals surface area contributed by atoms with Crippen LogP contribution in [-0.4, -0.2) is 59.2 Å². The molecular formula is C41H34ClF6N5O4S. The minimum absolute atomic E-state index is 0.00768. The van der Waals surface area contributed by atoms with Crippen LogP contribution in [0.3, 0.4) is 0 Å². The molecule has 0 N–H and O–H groups in total. The van der Waals surface area contributed by atoms with Crippen molar-refractivity contribution in [1.29, 1.82) is 0 Å². The summed E-state index contributed by atoms with van der Waals surface area (Å²) >= 11 is 6.72. The van der Waals surface area contributed by atoms with E-state index in [-0.39, 0.29) is 54.1 Å². The summed E-state index contributed by atoms with van der Waals surface area (Å²) in [5, 5.41) is 9.21. The maximum absolute atomic E-state index is 15.4. The standard InChI is InChI=1S/C41H34ClF6N5O4S/c1-52-38-28(8-9-31(42)35(38)32(50-52)19-58(2,3)56)27-7-6-25(5-4-20-13-33(55)57-18-20)49-36(27)22(10-21-11-23(43)15-24(44)12-21)14-26(54)17-53-39-34(37(51-53)40(45)46)29-16-30(29)41(39,47)48/h6-9,11-12,15,20,22,29-30,40H,2,10,13-14,16-19H2,1,3H3/t20-,22+,29-,30+,58?/m0/s1. The maximum Gasteiger partial charge on any atom is 0.307 e. The van der Waals surface area contributed by atoms with E-state index in [0.29, 0.717) is 43.5 Å². The smallest absolute Gasteiger partial charge is 0.307 e. The van der Waals surface area contributed by atoms with Gasteiger partial charge in [0.2, 0.25) is 0 Å². The Balaban J connectivity index is 1.27. The van der Waals surface area contributed by atoms with E-state index in [1.54, 1.807) is 36.0 Å². The number of ether oxygens (including phenoxy) is 1. The summed E-state index contributed by atoms with van der Waals surface area (Å²) in [7, 11) is -0.913. The molecule has 1 saturated carbocycles. The predicted octanol–water partition coefficient (Wildman–Crippen LogP) is 7.66. The van der Waals surface area contributed by atoms with Crippen molar-refractivity contribution in [2.75, 3.05) is 12.9 Å². The Morgan fingerprint density at radius 1 is 1.10 bits per heavy atom. The van der Waals surface area contributed by atoms with Gasteiger partial charge in [-0.05, 0) is 76.0 Å². The van der Waals surface area contributed by atoms with Gasteiger partial charge < -0.3 is 4.74 Å². The first-order valence-electron chi connectivity index (χ1n) is 18.2. The van der Waals surface area contributed by atoms with Crippen molar-refractivity contribution in [3.05, 3.63) is 98.7 Å². The summed E-state index contributed by atoms with van der Waals surface area (Å²) in [5.41, 5.74) is 0.754. The fourth-order valence-electron chi connectivity index (χ4n) is 8.29. The lowest BCUT2D eigenvalue weighted by atomic mass is 9.86. The van der Waals surface area contributed by atoms with Crippen LogP contribution in [0.15, 0.2) is 42.5 Å². The second-order valence-electron chi connectivity index (χ2n) is 15.3. The monoisotopic (exact) mass is 841 g/mol. The molecule has 2 aliphatic carbocycles. The number of carbonyl (C=O) groups excluding carboxylic acids is 2. The van der Waals surface area contributed by atoms with E-state index < -0.39 is 93.3 Å². The lowest BCUT2D eigenvalue weighted by Gasteiger charge is -2.21. The van der Waals surface area contributed by atoms with E-state index >= 15 is 8.78 Å². The zero-order chi connectivity index (χ0) is 41.4. The number of aryl methyl sites for hydroxylation is 1. The van der Waals surface area contributed by atoms with Crippen molar-refractivity contribution in [2.45, 2.75) is 62.2 Å². The van der Waals surface area contributed by atoms with Gasteiger partial charge in [-0.25, -0.2) is 22.5 Å². The van der Waals surface area contributed by atoms with Crippen LogP contribution in [0, 0.1) is 35.3 Å². The number of Topliss-reactive ketones (excluding diaryl/α,β-unsaturated/α-hetero) is 1. The zero-order valence-electron chi connectivity index (χ0n) is 31.0. The molecule has 17 heteroatoms. The number of aromatic nitrogens is 5. The topological polar surface area (TPSA) is 109 Å². The van der Waals surface area contributed by atoms with E-state index in [1.165, 1.54) is 6.26 Å². The molecule has 58 heavy (non-hydrogen) atoms. The fraction of sp³-hybridized carbons (Fsp3) is 0.366. The Morgan fingerprint density at radius 3 is 2.50 bits per heavy atom. The Morgan fingerprint density at radius 2 is 1.83 bits per heavy atom. The van der Waals surface area contributed by atoms with Gasteiger partial charge in [0.05, 0.1) is 40.0 Å². The average Bonchev–Trinajstić information content (AvgIpc) is 3.38. The normalized spacial score (nSPS) is 20.7. The van der Waals surface area contributed by atoms with Crippen LogP contribution in [-0.2, 0) is 55.5 Å². The number of nitrogens with zero attached hydrogens (tertiary/aromatic N) is 5. The number of pyridine rings is 1. The number of benzene rings is 2. The van der Waals surface area contributed by atoms with Crippen molar-refractivity contribution < 1.29 is 44.9 Å². The van der Waals surface area contributed by atoms with E-state index in [4.69, 9.17) is 21.3 Å². The van der Waals surface area contributed by atoms with Crippen LogP contribution in [0.5, 0.6) is 0 Å². The van der Waals surface area contributed by atoms with Crippen LogP contribution in [0.1, 0.15) is 77.1 Å². The van der Waals surface area contributed by atoms with E-state index in [1.807, 2.05) is 0 Å². The van der Waals surface area contributed by atoms with Crippen molar-refractivity contribution in [3.8, 4) is 23.0 Å². The van der Waals surface area contributed by atoms with E-state index in [9.17, 15) is 31.4 Å². The molecule has 2 fully saturated rings. The minimum Gasteiger partial charge on any atom is -0.464 e. The summed E-state index contributed by atoms with van der Waals surface area (Å²) < 4.78 is 108. The Bertz CT molecular complexity index is 2700. The predicted molar refractivity (Wildman–Crippen MR) is 204 cm³/mol. The number of alkyl halides is 4. The number of rotatable bonds is 11. The highest BCUT2D eigenvalue weighted by Gasteiger charge is 2.67. The first-order valence-corrected chi connectivity index (χ1v) is 20.9. The number of hydrogen-bond donors (Lipinski definition) is 0. The van der Waals surface area contributed by atoms with Gasteiger partial charge in [-0.15, -0.1) is 0 Å². The van der Waals surface area contributed by atoms with Crippen molar-refractivity contribution >= 4 is 49.6 Å². The molecule has 2 aromatic carbocycles. The second-order valence-corrected chi connectivity index (χ2v) is 18.4. The molecule has 0 radical (unpaired) electrons. The number of carbonyl (C=O) groups is 2. The highest BCUT2D eigenvalue weighted by atomic mass is 35.5. The lowest BCUT2D eigenvalue weighted by Crippen LogP contribution is -2.24. The van der Waals surface area contributed by atoms with Gasteiger partial charge in [0, 0.05) is 59.7 Å². The van der Waals surface area contributed by atoms with Crippen molar-refractivity contribution in [1.82, 2.24) is 24.5 Å². The van der Waals surface area contributed by atoms with Gasteiger partial charge in [-0.3, -0.25) is 23.2 Å². The number of hydrogen-bond acceptors (Lipinski definition) is 7. The number of cyclic esters (lactones) is 1. The lowest BCUT2D eigenvalue weighted by molar-refractivity contribution is -0.138. The first-order chi connectivity index (χ1) is 27.4. The molecule has 302 valence electrons. The third-order valence-corrected chi connectivity index (χ3v) is 11.9. The molecule has 5 aromatic rings. The molecule has 1 saturated heterocycles. The summed E-state index contributed by atoms with van der Waals surface area (Å²) in [6.45, 7) is -0.687. The van der Waals surface area contributed by atoms with Gasteiger partial charge in [0.25, 0.3) is 12.3 Å². The molecule has 4 heterocycles. The first kappa shape index (κ1) is 39.7. The maximum atomic E-state index is 15.4. The Labute approximate surface area is 333 Å². The molecular weight excluding hydrogens is 808 g/mol. The van der Waals surface area contributed by atoms with Crippen LogP contribution in [0.2, 0.25) is 5.02 Å².